The fourth-order valence-electron chi connectivity index (χ4n) is 4.92. The van der Waals surface area contributed by atoms with Gasteiger partial charge in [-0.05, 0) is 48.4 Å². The molecular weight excluding hydrogens is 458 g/mol. The molecule has 2 aliphatic heterocycles. The Labute approximate surface area is 204 Å². The lowest BCUT2D eigenvalue weighted by Gasteiger charge is -2.38. The first-order chi connectivity index (χ1) is 16.3. The van der Waals surface area contributed by atoms with Crippen LogP contribution < -0.4 is 0 Å². The zero-order valence-corrected chi connectivity index (χ0v) is 20.0. The molecule has 2 saturated heterocycles. The van der Waals surface area contributed by atoms with Crippen LogP contribution in [0.15, 0.2) is 30.3 Å². The zero-order chi connectivity index (χ0) is 24.3. The minimum Gasteiger partial charge on any atom is -0.394 e. The molecule has 9 heteroatoms. The van der Waals surface area contributed by atoms with Crippen LogP contribution in [-0.4, -0.2) is 94.1 Å². The van der Waals surface area contributed by atoms with Crippen molar-refractivity contribution in [3.63, 3.8) is 0 Å². The van der Waals surface area contributed by atoms with Gasteiger partial charge in [0.2, 0.25) is 17.7 Å². The molecule has 3 aliphatic rings. The van der Waals surface area contributed by atoms with Crippen molar-refractivity contribution in [1.82, 2.24) is 14.7 Å². The number of nitrogens with zero attached hydrogens (tertiary/aromatic N) is 3. The van der Waals surface area contributed by atoms with Crippen molar-refractivity contribution in [2.45, 2.75) is 44.2 Å². The summed E-state index contributed by atoms with van der Waals surface area (Å²) in [5, 5.41) is 20.9. The second-order valence-electron chi connectivity index (χ2n) is 9.56. The van der Waals surface area contributed by atoms with Crippen molar-refractivity contribution in [2.24, 2.45) is 5.41 Å². The number of hydrogen-bond acceptors (Lipinski definition) is 5. The molecule has 1 saturated carbocycles. The second kappa shape index (κ2) is 10.5. The van der Waals surface area contributed by atoms with Gasteiger partial charge < -0.3 is 24.9 Å². The average molecular weight is 490 g/mol. The number of halogens is 1. The summed E-state index contributed by atoms with van der Waals surface area (Å²) in [5.74, 6) is -0.554. The molecule has 184 valence electrons. The molecule has 0 bridgehead atoms. The van der Waals surface area contributed by atoms with E-state index < -0.39 is 12.1 Å². The quantitative estimate of drug-likeness (QED) is 0.590. The molecule has 1 aliphatic carbocycles. The zero-order valence-electron chi connectivity index (χ0n) is 19.2. The standard InChI is InChI=1S/C25H32ClN3O5/c26-19-3-1-2-18(14-19)4-5-22(32)27-10-6-23(33)29(13-12-27)20(17-30)15-24(34)28-11-9-25(7-8-25)21(31)16-28/h1-5,14,20-21,30-31H,6-13,15-17H2/t20?,21-/m1/s1. The molecule has 4 rings (SSSR count). The summed E-state index contributed by atoms with van der Waals surface area (Å²) in [5.41, 5.74) is 0.813. The van der Waals surface area contributed by atoms with E-state index in [1.807, 2.05) is 6.07 Å². The molecule has 0 radical (unpaired) electrons. The maximum atomic E-state index is 12.9. The van der Waals surface area contributed by atoms with Crippen LogP contribution in [-0.2, 0) is 14.4 Å². The average Bonchev–Trinajstić information content (AvgIpc) is 3.63. The Morgan fingerprint density at radius 3 is 2.62 bits per heavy atom. The second-order valence-corrected chi connectivity index (χ2v) is 10.00. The van der Waals surface area contributed by atoms with Gasteiger partial charge in [-0.3, -0.25) is 14.4 Å². The summed E-state index contributed by atoms with van der Waals surface area (Å²) in [7, 11) is 0. The Morgan fingerprint density at radius 1 is 1.15 bits per heavy atom. The van der Waals surface area contributed by atoms with E-state index >= 15 is 0 Å². The number of benzene rings is 1. The van der Waals surface area contributed by atoms with Crippen LogP contribution in [0, 0.1) is 5.41 Å². The van der Waals surface area contributed by atoms with Crippen LogP contribution in [0.3, 0.4) is 0 Å². The first kappa shape index (κ1) is 24.7. The molecule has 1 spiro atoms. The van der Waals surface area contributed by atoms with Crippen LogP contribution in [0.1, 0.15) is 37.7 Å². The van der Waals surface area contributed by atoms with Crippen molar-refractivity contribution >= 4 is 35.4 Å². The van der Waals surface area contributed by atoms with Crippen LogP contribution >= 0.6 is 11.6 Å². The molecule has 3 fully saturated rings. The smallest absolute Gasteiger partial charge is 0.246 e. The van der Waals surface area contributed by atoms with Crippen LogP contribution in [0.25, 0.3) is 6.08 Å². The van der Waals surface area contributed by atoms with Crippen LogP contribution in [0.4, 0.5) is 0 Å². The molecule has 1 aromatic rings. The van der Waals surface area contributed by atoms with E-state index in [1.165, 1.54) is 11.0 Å². The highest BCUT2D eigenvalue weighted by Gasteiger charge is 2.51. The van der Waals surface area contributed by atoms with E-state index in [2.05, 4.69) is 0 Å². The van der Waals surface area contributed by atoms with Gasteiger partial charge in [-0.1, -0.05) is 23.7 Å². The van der Waals surface area contributed by atoms with Gasteiger partial charge in [0, 0.05) is 56.7 Å². The Kier molecular flexibility index (Phi) is 7.60. The first-order valence-corrected chi connectivity index (χ1v) is 12.3. The van der Waals surface area contributed by atoms with Crippen LogP contribution in [0.5, 0.6) is 0 Å². The number of aliphatic hydroxyl groups is 2. The monoisotopic (exact) mass is 489 g/mol. The summed E-state index contributed by atoms with van der Waals surface area (Å²) in [6.07, 6.45) is 5.61. The van der Waals surface area contributed by atoms with Gasteiger partial charge in [0.1, 0.15) is 0 Å². The number of β-amino-alcohol motifs (C(OH)–C–C–N with tert-alkyl or cyclic N) is 1. The van der Waals surface area contributed by atoms with Gasteiger partial charge >= 0.3 is 0 Å². The van der Waals surface area contributed by atoms with Gasteiger partial charge in [-0.15, -0.1) is 0 Å². The Morgan fingerprint density at radius 2 is 1.94 bits per heavy atom. The fourth-order valence-corrected chi connectivity index (χ4v) is 5.12. The molecule has 2 heterocycles. The highest BCUT2D eigenvalue weighted by Crippen LogP contribution is 2.53. The molecule has 2 atom stereocenters. The number of carbonyl (C=O) groups excluding carboxylic acids is 3. The Bertz CT molecular complexity index is 964. The number of amides is 3. The number of aliphatic hydroxyl groups excluding tert-OH is 2. The number of likely N-dealkylation sites (tertiary alicyclic amines) is 1. The number of piperidine rings is 1. The third-order valence-corrected chi connectivity index (χ3v) is 7.63. The van der Waals surface area contributed by atoms with E-state index in [1.54, 1.807) is 34.1 Å². The topological polar surface area (TPSA) is 101 Å². The maximum Gasteiger partial charge on any atom is 0.246 e. The molecule has 3 amide bonds. The SMILES string of the molecule is O=C(C=Cc1cccc(Cl)c1)N1CCC(=O)N(C(CO)CC(=O)N2CCC3(CC3)[C@H](O)C2)CC1. The van der Waals surface area contributed by atoms with E-state index in [4.69, 9.17) is 11.6 Å². The highest BCUT2D eigenvalue weighted by molar-refractivity contribution is 6.30. The minimum atomic E-state index is -0.647. The molecule has 1 aromatic carbocycles. The minimum absolute atomic E-state index is 0.00454. The molecule has 2 N–H and O–H groups in total. The van der Waals surface area contributed by atoms with E-state index in [0.717, 1.165) is 24.8 Å². The summed E-state index contributed by atoms with van der Waals surface area (Å²) < 4.78 is 0. The number of carbonyl (C=O) groups is 3. The van der Waals surface area contributed by atoms with Crippen molar-refractivity contribution in [3.8, 4) is 0 Å². The van der Waals surface area contributed by atoms with Gasteiger partial charge in [-0.2, -0.15) is 0 Å². The molecule has 34 heavy (non-hydrogen) atoms. The van der Waals surface area contributed by atoms with Gasteiger partial charge in [0.25, 0.3) is 0 Å². The number of rotatable bonds is 6. The third-order valence-electron chi connectivity index (χ3n) is 7.39. The normalized spacial score (nSPS) is 23.3. The predicted octanol–water partition coefficient (Wildman–Crippen LogP) is 1.54. The van der Waals surface area contributed by atoms with Crippen molar-refractivity contribution in [3.05, 3.63) is 40.9 Å². The van der Waals surface area contributed by atoms with Crippen LogP contribution in [0.2, 0.25) is 5.02 Å². The molecular formula is C25H32ClN3O5. The molecule has 8 nitrogen and oxygen atoms in total. The summed E-state index contributed by atoms with van der Waals surface area (Å²) in [6, 6.07) is 6.52. The van der Waals surface area contributed by atoms with E-state index in [-0.39, 0.29) is 55.7 Å². The lowest BCUT2D eigenvalue weighted by Crippen LogP contribution is -2.51. The first-order valence-electron chi connectivity index (χ1n) is 11.9. The lowest BCUT2D eigenvalue weighted by molar-refractivity contribution is -0.141. The molecule has 0 aromatic heterocycles. The van der Waals surface area contributed by atoms with Crippen molar-refractivity contribution in [1.29, 1.82) is 0 Å². The Balaban J connectivity index is 1.33. The van der Waals surface area contributed by atoms with E-state index in [9.17, 15) is 24.6 Å². The fraction of sp³-hybridized carbons (Fsp3) is 0.560. The number of hydrogen-bond donors (Lipinski definition) is 2. The van der Waals surface area contributed by atoms with Crippen molar-refractivity contribution in [2.75, 3.05) is 39.3 Å². The molecule has 1 unspecified atom stereocenters. The summed E-state index contributed by atoms with van der Waals surface area (Å²) in [6.45, 7) is 1.43. The summed E-state index contributed by atoms with van der Waals surface area (Å²) >= 11 is 5.98. The highest BCUT2D eigenvalue weighted by atomic mass is 35.5. The third kappa shape index (κ3) is 5.62. The Hall–Kier alpha value is -2.42. The maximum absolute atomic E-state index is 12.9. The lowest BCUT2D eigenvalue weighted by atomic mass is 9.90. The van der Waals surface area contributed by atoms with Crippen molar-refractivity contribution < 1.29 is 24.6 Å². The van der Waals surface area contributed by atoms with Gasteiger partial charge in [0.15, 0.2) is 0 Å². The summed E-state index contributed by atoms with van der Waals surface area (Å²) in [4.78, 5) is 43.1. The van der Waals surface area contributed by atoms with Gasteiger partial charge in [-0.25, -0.2) is 0 Å². The van der Waals surface area contributed by atoms with Gasteiger partial charge in [0.05, 0.1) is 18.8 Å². The van der Waals surface area contributed by atoms with E-state index in [0.29, 0.717) is 24.7 Å². The predicted molar refractivity (Wildman–Crippen MR) is 128 cm³/mol. The largest absolute Gasteiger partial charge is 0.394 e.